The minimum absolute atomic E-state index is 0.0128. The van der Waals surface area contributed by atoms with E-state index in [4.69, 9.17) is 17.2 Å². The van der Waals surface area contributed by atoms with Gasteiger partial charge < -0.3 is 42.8 Å². The number of hydrogen-bond donors (Lipinski definition) is 7. The molecule has 10 N–H and O–H groups in total. The van der Waals surface area contributed by atoms with E-state index < -0.39 is 53.8 Å². The lowest BCUT2D eigenvalue weighted by molar-refractivity contribution is -0.145. The van der Waals surface area contributed by atoms with Crippen LogP contribution >= 0.6 is 0 Å². The highest BCUT2D eigenvalue weighted by Crippen LogP contribution is 2.20. The zero-order chi connectivity index (χ0) is 26.7. The molecule has 4 unspecified atom stereocenters. The molecule has 0 aromatic carbocycles. The van der Waals surface area contributed by atoms with Gasteiger partial charge in [0.05, 0.1) is 12.4 Å². The maximum atomic E-state index is 13.4. The number of carbonyl (C=O) groups excluding carboxylic acids is 4. The number of H-pyrrole nitrogens is 1. The summed E-state index contributed by atoms with van der Waals surface area (Å²) in [6, 6.07) is -4.13. The fraction of sp³-hybridized carbons (Fsp3) is 0.636. The molecule has 1 saturated heterocycles. The van der Waals surface area contributed by atoms with E-state index in [1.165, 1.54) is 17.4 Å². The van der Waals surface area contributed by atoms with Gasteiger partial charge in [-0.25, -0.2) is 9.78 Å². The van der Waals surface area contributed by atoms with Crippen LogP contribution in [0.15, 0.2) is 12.5 Å². The van der Waals surface area contributed by atoms with Crippen LogP contribution < -0.4 is 27.8 Å². The van der Waals surface area contributed by atoms with E-state index in [9.17, 15) is 29.1 Å². The lowest BCUT2D eigenvalue weighted by Crippen LogP contribution is -2.57. The van der Waals surface area contributed by atoms with E-state index in [0.29, 0.717) is 44.3 Å². The third-order valence-electron chi connectivity index (χ3n) is 6.03. The van der Waals surface area contributed by atoms with Crippen molar-refractivity contribution in [2.75, 3.05) is 13.1 Å². The molecule has 1 fully saturated rings. The summed E-state index contributed by atoms with van der Waals surface area (Å²) in [7, 11) is 0. The number of carboxylic acid groups (broad SMARTS) is 1. The fourth-order valence-electron chi connectivity index (χ4n) is 4.05. The Kier molecular flexibility index (Phi) is 11.3. The molecule has 36 heavy (non-hydrogen) atoms. The van der Waals surface area contributed by atoms with E-state index in [0.717, 1.165) is 0 Å². The van der Waals surface area contributed by atoms with Crippen molar-refractivity contribution in [1.82, 2.24) is 25.5 Å². The smallest absolute Gasteiger partial charge is 0.326 e. The Morgan fingerprint density at radius 3 is 2.53 bits per heavy atom. The number of carbonyl (C=O) groups is 5. The Labute approximate surface area is 208 Å². The molecule has 0 aliphatic carbocycles. The number of hydrogen-bond acceptors (Lipinski definition) is 8. The van der Waals surface area contributed by atoms with E-state index >= 15 is 0 Å². The zero-order valence-corrected chi connectivity index (χ0v) is 20.2. The summed E-state index contributed by atoms with van der Waals surface area (Å²) < 4.78 is 0. The summed E-state index contributed by atoms with van der Waals surface area (Å²) in [5.74, 6) is -3.61. The van der Waals surface area contributed by atoms with E-state index in [1.807, 2.05) is 0 Å². The third kappa shape index (κ3) is 8.61. The minimum atomic E-state index is -1.23. The second-order valence-corrected chi connectivity index (χ2v) is 8.83. The fourth-order valence-corrected chi connectivity index (χ4v) is 4.05. The van der Waals surface area contributed by atoms with Gasteiger partial charge in [0.1, 0.15) is 18.1 Å². The average molecular weight is 509 g/mol. The molecule has 1 aromatic rings. The van der Waals surface area contributed by atoms with Crippen LogP contribution in [0.1, 0.15) is 50.6 Å². The SMILES string of the molecule is NCCCCC(N)C(=O)NC(CCC(N)=O)C(=O)N1CCCC1C(=O)NC(Cc1cnc[nH]1)C(=O)O. The molecule has 1 aromatic heterocycles. The number of nitrogens with zero attached hydrogens (tertiary/aromatic N) is 2. The molecule has 2 rings (SSSR count). The van der Waals surface area contributed by atoms with Crippen molar-refractivity contribution >= 4 is 29.6 Å². The summed E-state index contributed by atoms with van der Waals surface area (Å²) in [5.41, 5.74) is 17.2. The van der Waals surface area contributed by atoms with Crippen molar-refractivity contribution in [3.63, 3.8) is 0 Å². The molecule has 200 valence electrons. The van der Waals surface area contributed by atoms with Gasteiger partial charge in [-0.15, -0.1) is 0 Å². The topological polar surface area (TPSA) is 240 Å². The van der Waals surface area contributed by atoms with Crippen LogP contribution in [0.5, 0.6) is 0 Å². The number of nitrogens with one attached hydrogen (secondary N) is 3. The molecule has 4 atom stereocenters. The predicted octanol–water partition coefficient (Wildman–Crippen LogP) is -2.28. The van der Waals surface area contributed by atoms with Crippen LogP contribution in [0.2, 0.25) is 0 Å². The predicted molar refractivity (Wildman–Crippen MR) is 128 cm³/mol. The van der Waals surface area contributed by atoms with Crippen molar-refractivity contribution < 1.29 is 29.1 Å². The first-order valence-corrected chi connectivity index (χ1v) is 12.0. The number of amides is 4. The highest BCUT2D eigenvalue weighted by atomic mass is 16.4. The van der Waals surface area contributed by atoms with Crippen LogP contribution in [-0.2, 0) is 30.4 Å². The van der Waals surface area contributed by atoms with Gasteiger partial charge in [0.15, 0.2) is 0 Å². The van der Waals surface area contributed by atoms with Gasteiger partial charge in [0.25, 0.3) is 0 Å². The number of aromatic amines is 1. The van der Waals surface area contributed by atoms with Crippen LogP contribution in [0, 0.1) is 0 Å². The molecule has 2 heterocycles. The third-order valence-corrected chi connectivity index (χ3v) is 6.03. The Balaban J connectivity index is 2.09. The van der Waals surface area contributed by atoms with Gasteiger partial charge in [-0.1, -0.05) is 6.42 Å². The van der Waals surface area contributed by atoms with E-state index in [1.54, 1.807) is 0 Å². The van der Waals surface area contributed by atoms with Crippen LogP contribution in [0.3, 0.4) is 0 Å². The van der Waals surface area contributed by atoms with Crippen LogP contribution in [0.25, 0.3) is 0 Å². The second kappa shape index (κ2) is 14.1. The van der Waals surface area contributed by atoms with Crippen molar-refractivity contribution in [3.05, 3.63) is 18.2 Å². The standard InChI is InChI=1S/C22H36N8O6/c23-8-2-1-4-14(24)19(32)28-15(6-7-18(25)31)21(34)30-9-3-5-17(30)20(33)29-16(22(35)36)10-13-11-26-12-27-13/h11-12,14-17H,1-10,23-24H2,(H2,25,31)(H,26,27)(H,28,32)(H,29,33)(H,35,36). The molecule has 0 bridgehead atoms. The molecule has 14 nitrogen and oxygen atoms in total. The van der Waals surface area contributed by atoms with E-state index in [-0.39, 0.29) is 25.8 Å². The van der Waals surface area contributed by atoms with Crippen molar-refractivity contribution in [1.29, 1.82) is 0 Å². The first-order valence-electron chi connectivity index (χ1n) is 12.0. The monoisotopic (exact) mass is 508 g/mol. The van der Waals surface area contributed by atoms with E-state index in [2.05, 4.69) is 20.6 Å². The first-order chi connectivity index (χ1) is 17.1. The molecule has 0 radical (unpaired) electrons. The summed E-state index contributed by atoms with van der Waals surface area (Å²) in [4.78, 5) is 69.9. The Morgan fingerprint density at radius 2 is 1.92 bits per heavy atom. The molecule has 1 aliphatic rings. The van der Waals surface area contributed by atoms with Gasteiger partial charge in [-0.2, -0.15) is 0 Å². The summed E-state index contributed by atoms with van der Waals surface area (Å²) in [5, 5.41) is 14.6. The van der Waals surface area contributed by atoms with Gasteiger partial charge in [0.2, 0.25) is 23.6 Å². The quantitative estimate of drug-likeness (QED) is 0.126. The van der Waals surface area contributed by atoms with Gasteiger partial charge >= 0.3 is 5.97 Å². The highest BCUT2D eigenvalue weighted by Gasteiger charge is 2.39. The second-order valence-electron chi connectivity index (χ2n) is 8.83. The number of primary amides is 1. The Morgan fingerprint density at radius 1 is 1.17 bits per heavy atom. The van der Waals surface area contributed by atoms with Gasteiger partial charge in [-0.05, 0) is 38.6 Å². The number of unbranched alkanes of at least 4 members (excludes halogenated alkanes) is 1. The maximum Gasteiger partial charge on any atom is 0.326 e. The zero-order valence-electron chi connectivity index (χ0n) is 20.2. The first kappa shape index (κ1) is 28.7. The molecule has 0 spiro atoms. The van der Waals surface area contributed by atoms with Crippen LogP contribution in [0.4, 0.5) is 0 Å². The molecule has 4 amide bonds. The minimum Gasteiger partial charge on any atom is -0.480 e. The number of aromatic nitrogens is 2. The molecule has 14 heteroatoms. The number of carboxylic acids is 1. The highest BCUT2D eigenvalue weighted by molar-refractivity contribution is 5.94. The molecule has 0 saturated carbocycles. The largest absolute Gasteiger partial charge is 0.480 e. The number of imidazole rings is 1. The number of nitrogens with two attached hydrogens (primary N) is 3. The van der Waals surface area contributed by atoms with Crippen molar-refractivity contribution in [3.8, 4) is 0 Å². The average Bonchev–Trinajstić information content (AvgIpc) is 3.52. The van der Waals surface area contributed by atoms with Crippen molar-refractivity contribution in [2.24, 2.45) is 17.2 Å². The lowest BCUT2D eigenvalue weighted by Gasteiger charge is -2.30. The lowest BCUT2D eigenvalue weighted by atomic mass is 10.1. The Bertz CT molecular complexity index is 908. The summed E-state index contributed by atoms with van der Waals surface area (Å²) in [6.45, 7) is 0.706. The van der Waals surface area contributed by atoms with Crippen molar-refractivity contribution in [2.45, 2.75) is 75.5 Å². The number of aliphatic carboxylic acids is 1. The summed E-state index contributed by atoms with van der Waals surface area (Å²) >= 11 is 0. The summed E-state index contributed by atoms with van der Waals surface area (Å²) in [6.07, 6.45) is 5.18. The number of likely N-dealkylation sites (tertiary alicyclic amines) is 1. The maximum absolute atomic E-state index is 13.4. The molecular weight excluding hydrogens is 472 g/mol. The Hall–Kier alpha value is -3.52. The normalized spacial score (nSPS) is 17.7. The molecular formula is C22H36N8O6. The molecule has 1 aliphatic heterocycles. The van der Waals surface area contributed by atoms with Gasteiger partial charge in [0, 0.05) is 31.3 Å². The van der Waals surface area contributed by atoms with Crippen LogP contribution in [-0.4, -0.2) is 86.8 Å². The van der Waals surface area contributed by atoms with Gasteiger partial charge in [-0.3, -0.25) is 19.2 Å². The number of rotatable bonds is 15.